The number of hydrogen-bond acceptors (Lipinski definition) is 2. The van der Waals surface area contributed by atoms with E-state index in [1.54, 1.807) is 0 Å². The number of benzene rings is 1. The molecule has 2 aromatic rings. The molecule has 1 unspecified atom stereocenters. The summed E-state index contributed by atoms with van der Waals surface area (Å²) in [7, 11) is 1.95. The summed E-state index contributed by atoms with van der Waals surface area (Å²) in [5, 5.41) is 12.3. The van der Waals surface area contributed by atoms with Crippen molar-refractivity contribution in [3.05, 3.63) is 59.4 Å². The van der Waals surface area contributed by atoms with Crippen LogP contribution < -0.4 is 5.32 Å². The van der Waals surface area contributed by atoms with Crippen molar-refractivity contribution in [1.29, 1.82) is 5.26 Å². The molecule has 1 N–H and O–H groups in total. The number of nitrogens with one attached hydrogen (secondary N) is 1. The quantitative estimate of drug-likeness (QED) is 0.891. The SMILES string of the molecule is CNC(C)c1cccn1Cc1ccccc1C#N. The van der Waals surface area contributed by atoms with Gasteiger partial charge < -0.3 is 9.88 Å². The summed E-state index contributed by atoms with van der Waals surface area (Å²) in [5.74, 6) is 0. The second kappa shape index (κ2) is 5.52. The second-order valence-electron chi connectivity index (χ2n) is 4.34. The molecule has 1 aromatic carbocycles. The number of aromatic nitrogens is 1. The van der Waals surface area contributed by atoms with Crippen molar-refractivity contribution in [3.63, 3.8) is 0 Å². The molecule has 0 saturated carbocycles. The van der Waals surface area contributed by atoms with Gasteiger partial charge in [0.15, 0.2) is 0 Å². The van der Waals surface area contributed by atoms with Crippen molar-refractivity contribution in [1.82, 2.24) is 9.88 Å². The summed E-state index contributed by atoms with van der Waals surface area (Å²) in [6, 6.07) is 14.4. The zero-order valence-corrected chi connectivity index (χ0v) is 10.7. The average Bonchev–Trinajstić information content (AvgIpc) is 2.86. The predicted octanol–water partition coefficient (Wildman–Crippen LogP) is 2.69. The van der Waals surface area contributed by atoms with Gasteiger partial charge in [0.25, 0.3) is 0 Å². The minimum atomic E-state index is 0.300. The highest BCUT2D eigenvalue weighted by molar-refractivity contribution is 5.37. The summed E-state index contributed by atoms with van der Waals surface area (Å²) in [6.07, 6.45) is 2.05. The molecule has 0 fully saturated rings. The largest absolute Gasteiger partial charge is 0.346 e. The molecule has 18 heavy (non-hydrogen) atoms. The van der Waals surface area contributed by atoms with Crippen LogP contribution in [0.25, 0.3) is 0 Å². The predicted molar refractivity (Wildman–Crippen MR) is 72.2 cm³/mol. The third-order valence-electron chi connectivity index (χ3n) is 3.22. The minimum absolute atomic E-state index is 0.300. The Labute approximate surface area is 108 Å². The number of nitriles is 1. The maximum Gasteiger partial charge on any atom is 0.0995 e. The van der Waals surface area contributed by atoms with Crippen LogP contribution >= 0.6 is 0 Å². The summed E-state index contributed by atoms with van der Waals surface area (Å²) in [5.41, 5.74) is 3.03. The lowest BCUT2D eigenvalue weighted by Gasteiger charge is -2.15. The van der Waals surface area contributed by atoms with Crippen LogP contribution in [0, 0.1) is 11.3 Å². The molecular weight excluding hydrogens is 222 g/mol. The zero-order chi connectivity index (χ0) is 13.0. The lowest BCUT2D eigenvalue weighted by atomic mass is 10.1. The van der Waals surface area contributed by atoms with Gasteiger partial charge in [-0.2, -0.15) is 5.26 Å². The highest BCUT2D eigenvalue weighted by Gasteiger charge is 2.09. The first-order chi connectivity index (χ1) is 8.76. The summed E-state index contributed by atoms with van der Waals surface area (Å²) < 4.78 is 2.18. The van der Waals surface area contributed by atoms with E-state index in [4.69, 9.17) is 5.26 Å². The van der Waals surface area contributed by atoms with Crippen LogP contribution in [-0.4, -0.2) is 11.6 Å². The molecule has 0 aliphatic heterocycles. The monoisotopic (exact) mass is 239 g/mol. The van der Waals surface area contributed by atoms with Crippen LogP contribution in [0.4, 0.5) is 0 Å². The molecule has 2 rings (SSSR count). The molecule has 1 heterocycles. The molecule has 3 nitrogen and oxygen atoms in total. The standard InChI is InChI=1S/C15H17N3/c1-12(17-2)15-8-5-9-18(15)11-14-7-4-3-6-13(14)10-16/h3-9,12,17H,11H2,1-2H3. The molecule has 0 aliphatic carbocycles. The summed E-state index contributed by atoms with van der Waals surface area (Å²) in [4.78, 5) is 0. The van der Waals surface area contributed by atoms with Gasteiger partial charge >= 0.3 is 0 Å². The van der Waals surface area contributed by atoms with E-state index in [0.29, 0.717) is 6.04 Å². The van der Waals surface area contributed by atoms with E-state index < -0.39 is 0 Å². The summed E-state index contributed by atoms with van der Waals surface area (Å²) in [6.45, 7) is 2.86. The second-order valence-corrected chi connectivity index (χ2v) is 4.34. The molecule has 1 atom stereocenters. The Morgan fingerprint density at radius 3 is 2.78 bits per heavy atom. The maximum atomic E-state index is 9.10. The van der Waals surface area contributed by atoms with Gasteiger partial charge in [-0.15, -0.1) is 0 Å². The average molecular weight is 239 g/mol. The van der Waals surface area contributed by atoms with Crippen molar-refractivity contribution in [2.45, 2.75) is 19.5 Å². The number of hydrogen-bond donors (Lipinski definition) is 1. The molecule has 0 amide bonds. The molecule has 0 bridgehead atoms. The van der Waals surface area contributed by atoms with E-state index in [1.807, 2.05) is 37.4 Å². The van der Waals surface area contributed by atoms with Gasteiger partial charge in [-0.25, -0.2) is 0 Å². The van der Waals surface area contributed by atoms with Crippen LogP contribution in [0.2, 0.25) is 0 Å². The molecule has 0 aliphatic rings. The van der Waals surface area contributed by atoms with Gasteiger partial charge in [0, 0.05) is 24.5 Å². The molecule has 92 valence electrons. The van der Waals surface area contributed by atoms with Crippen LogP contribution in [0.15, 0.2) is 42.6 Å². The van der Waals surface area contributed by atoms with Gasteiger partial charge in [-0.1, -0.05) is 18.2 Å². The Hall–Kier alpha value is -2.05. The Morgan fingerprint density at radius 1 is 1.28 bits per heavy atom. The molecule has 3 heteroatoms. The first kappa shape index (κ1) is 12.4. The van der Waals surface area contributed by atoms with E-state index in [9.17, 15) is 0 Å². The first-order valence-corrected chi connectivity index (χ1v) is 6.06. The fraction of sp³-hybridized carbons (Fsp3) is 0.267. The van der Waals surface area contributed by atoms with E-state index >= 15 is 0 Å². The lowest BCUT2D eigenvalue weighted by Crippen LogP contribution is -2.17. The van der Waals surface area contributed by atoms with Crippen molar-refractivity contribution in [2.24, 2.45) is 0 Å². The normalized spacial score (nSPS) is 12.1. The highest BCUT2D eigenvalue weighted by atomic mass is 15.0. The number of rotatable bonds is 4. The van der Waals surface area contributed by atoms with E-state index in [0.717, 1.165) is 17.7 Å². The third-order valence-corrected chi connectivity index (χ3v) is 3.22. The van der Waals surface area contributed by atoms with Crippen molar-refractivity contribution < 1.29 is 0 Å². The fourth-order valence-corrected chi connectivity index (χ4v) is 2.06. The van der Waals surface area contributed by atoms with Crippen LogP contribution in [0.5, 0.6) is 0 Å². The minimum Gasteiger partial charge on any atom is -0.346 e. The smallest absolute Gasteiger partial charge is 0.0995 e. The van der Waals surface area contributed by atoms with Gasteiger partial charge in [-0.05, 0) is 37.7 Å². The summed E-state index contributed by atoms with van der Waals surface area (Å²) >= 11 is 0. The highest BCUT2D eigenvalue weighted by Crippen LogP contribution is 2.16. The Kier molecular flexibility index (Phi) is 3.81. The topological polar surface area (TPSA) is 40.8 Å². The molecule has 0 saturated heterocycles. The zero-order valence-electron chi connectivity index (χ0n) is 10.7. The van der Waals surface area contributed by atoms with Gasteiger partial charge in [0.2, 0.25) is 0 Å². The Morgan fingerprint density at radius 2 is 2.06 bits per heavy atom. The Bertz CT molecular complexity index is 563. The maximum absolute atomic E-state index is 9.10. The molecule has 1 aromatic heterocycles. The van der Waals surface area contributed by atoms with Gasteiger partial charge in [0.1, 0.15) is 0 Å². The van der Waals surface area contributed by atoms with E-state index in [1.165, 1.54) is 5.69 Å². The van der Waals surface area contributed by atoms with Crippen molar-refractivity contribution in [2.75, 3.05) is 7.05 Å². The van der Waals surface area contributed by atoms with Crippen LogP contribution in [-0.2, 0) is 6.54 Å². The fourth-order valence-electron chi connectivity index (χ4n) is 2.06. The Balaban J connectivity index is 2.30. The van der Waals surface area contributed by atoms with E-state index in [2.05, 4.69) is 35.1 Å². The molecule has 0 spiro atoms. The third kappa shape index (κ3) is 2.44. The van der Waals surface area contributed by atoms with Crippen molar-refractivity contribution in [3.8, 4) is 6.07 Å². The van der Waals surface area contributed by atoms with Gasteiger partial charge in [-0.3, -0.25) is 0 Å². The number of nitrogens with zero attached hydrogens (tertiary/aromatic N) is 2. The molecular formula is C15H17N3. The lowest BCUT2D eigenvalue weighted by molar-refractivity contribution is 0.589. The molecule has 0 radical (unpaired) electrons. The van der Waals surface area contributed by atoms with Crippen LogP contribution in [0.3, 0.4) is 0 Å². The van der Waals surface area contributed by atoms with Gasteiger partial charge in [0.05, 0.1) is 11.6 Å². The van der Waals surface area contributed by atoms with Crippen molar-refractivity contribution >= 4 is 0 Å². The van der Waals surface area contributed by atoms with Crippen LogP contribution in [0.1, 0.15) is 29.8 Å². The first-order valence-electron chi connectivity index (χ1n) is 6.06. The van der Waals surface area contributed by atoms with E-state index in [-0.39, 0.29) is 0 Å².